The highest BCUT2D eigenvalue weighted by Crippen LogP contribution is 2.22. The molecule has 0 spiro atoms. The molecule has 0 unspecified atom stereocenters. The van der Waals surface area contributed by atoms with E-state index < -0.39 is 0 Å². The van der Waals surface area contributed by atoms with Crippen LogP contribution in [0.1, 0.15) is 23.0 Å². The molecule has 5 nitrogen and oxygen atoms in total. The molecule has 1 aromatic heterocycles. The van der Waals surface area contributed by atoms with E-state index in [0.29, 0.717) is 24.5 Å². The minimum Gasteiger partial charge on any atom is -0.493 e. The van der Waals surface area contributed by atoms with Crippen LogP contribution in [0.4, 0.5) is 0 Å². The summed E-state index contributed by atoms with van der Waals surface area (Å²) in [6, 6.07) is 7.29. The first-order valence-electron chi connectivity index (χ1n) is 6.68. The predicted molar refractivity (Wildman–Crippen MR) is 84.3 cm³/mol. The summed E-state index contributed by atoms with van der Waals surface area (Å²) in [7, 11) is 3.62. The zero-order valence-electron chi connectivity index (χ0n) is 12.3. The molecule has 0 bridgehead atoms. The van der Waals surface area contributed by atoms with E-state index in [0.717, 1.165) is 10.2 Å². The quantitative estimate of drug-likeness (QED) is 0.831. The number of benzene rings is 1. The van der Waals surface area contributed by atoms with Gasteiger partial charge < -0.3 is 9.64 Å². The van der Waals surface area contributed by atoms with Crippen LogP contribution in [0.5, 0.6) is 5.75 Å². The van der Waals surface area contributed by atoms with Crippen LogP contribution in [0.2, 0.25) is 0 Å². The number of ether oxygens (including phenoxy) is 1. The Morgan fingerprint density at radius 3 is 2.76 bits per heavy atom. The third-order valence-corrected chi connectivity index (χ3v) is 3.82. The van der Waals surface area contributed by atoms with Gasteiger partial charge in [0.1, 0.15) is 5.75 Å². The van der Waals surface area contributed by atoms with Gasteiger partial charge in [-0.15, -0.1) is 0 Å². The van der Waals surface area contributed by atoms with E-state index in [4.69, 9.17) is 4.74 Å². The Hall–Kier alpha value is -1.82. The Bertz CT molecular complexity index is 620. The van der Waals surface area contributed by atoms with Crippen molar-refractivity contribution in [2.75, 3.05) is 13.7 Å². The van der Waals surface area contributed by atoms with E-state index in [2.05, 4.69) is 21.0 Å². The van der Waals surface area contributed by atoms with Crippen LogP contribution in [0.25, 0.3) is 0 Å². The SMILES string of the molecule is CCOc1ccccc1C(=O)N(C)Cc1c(Br)cnn1C. The lowest BCUT2D eigenvalue weighted by Gasteiger charge is -2.19. The summed E-state index contributed by atoms with van der Waals surface area (Å²) >= 11 is 3.44. The van der Waals surface area contributed by atoms with E-state index in [1.807, 2.05) is 32.2 Å². The van der Waals surface area contributed by atoms with Crippen LogP contribution >= 0.6 is 15.9 Å². The van der Waals surface area contributed by atoms with Crippen LogP contribution < -0.4 is 4.74 Å². The lowest BCUT2D eigenvalue weighted by Crippen LogP contribution is -2.27. The van der Waals surface area contributed by atoms with Gasteiger partial charge in [0, 0.05) is 14.1 Å². The van der Waals surface area contributed by atoms with Crippen molar-refractivity contribution in [3.05, 3.63) is 46.2 Å². The average molecular weight is 352 g/mol. The zero-order valence-corrected chi connectivity index (χ0v) is 13.9. The number of nitrogens with zero attached hydrogens (tertiary/aromatic N) is 3. The van der Waals surface area contributed by atoms with E-state index >= 15 is 0 Å². The molecular weight excluding hydrogens is 334 g/mol. The summed E-state index contributed by atoms with van der Waals surface area (Å²) in [5.74, 6) is 0.535. The minimum atomic E-state index is -0.0767. The molecule has 0 fully saturated rings. The second kappa shape index (κ2) is 6.76. The first-order valence-corrected chi connectivity index (χ1v) is 7.47. The number of halogens is 1. The average Bonchev–Trinajstić information content (AvgIpc) is 2.79. The minimum absolute atomic E-state index is 0.0767. The normalized spacial score (nSPS) is 10.5. The Morgan fingerprint density at radius 1 is 1.43 bits per heavy atom. The van der Waals surface area contributed by atoms with Crippen LogP contribution in [-0.4, -0.2) is 34.2 Å². The van der Waals surface area contributed by atoms with Crippen LogP contribution in [0.15, 0.2) is 34.9 Å². The number of carbonyl (C=O) groups excluding carboxylic acids is 1. The lowest BCUT2D eigenvalue weighted by atomic mass is 10.1. The standard InChI is InChI=1S/C15H18BrN3O2/c1-4-21-14-8-6-5-7-11(14)15(20)18(2)10-13-12(16)9-17-19(13)3/h5-9H,4,10H2,1-3H3. The highest BCUT2D eigenvalue weighted by atomic mass is 79.9. The van der Waals surface area contributed by atoms with Crippen LogP contribution in [0, 0.1) is 0 Å². The number of aromatic nitrogens is 2. The third-order valence-electron chi connectivity index (χ3n) is 3.16. The fourth-order valence-electron chi connectivity index (χ4n) is 2.04. The fraction of sp³-hybridized carbons (Fsp3) is 0.333. The van der Waals surface area contributed by atoms with E-state index in [1.165, 1.54) is 0 Å². The molecule has 0 radical (unpaired) electrons. The van der Waals surface area contributed by atoms with Crippen molar-refractivity contribution in [3.8, 4) is 5.75 Å². The maximum Gasteiger partial charge on any atom is 0.257 e. The number of aryl methyl sites for hydroxylation is 1. The Morgan fingerprint density at radius 2 is 2.14 bits per heavy atom. The second-order valence-corrected chi connectivity index (χ2v) is 5.51. The molecular formula is C15H18BrN3O2. The highest BCUT2D eigenvalue weighted by Gasteiger charge is 2.18. The number of para-hydroxylation sites is 1. The third kappa shape index (κ3) is 3.44. The van der Waals surface area contributed by atoms with Crippen LogP contribution in [-0.2, 0) is 13.6 Å². The first-order chi connectivity index (χ1) is 10.0. The number of hydrogen-bond donors (Lipinski definition) is 0. The van der Waals surface area contributed by atoms with E-state index in [1.54, 1.807) is 28.9 Å². The monoisotopic (exact) mass is 351 g/mol. The van der Waals surface area contributed by atoms with Gasteiger partial charge in [0.15, 0.2) is 0 Å². The molecule has 2 aromatic rings. The highest BCUT2D eigenvalue weighted by molar-refractivity contribution is 9.10. The van der Waals surface area contributed by atoms with Gasteiger partial charge in [-0.2, -0.15) is 5.10 Å². The van der Waals surface area contributed by atoms with Gasteiger partial charge >= 0.3 is 0 Å². The van der Waals surface area contributed by atoms with Crippen molar-refractivity contribution >= 4 is 21.8 Å². The van der Waals surface area contributed by atoms with E-state index in [-0.39, 0.29) is 5.91 Å². The molecule has 0 aliphatic carbocycles. The van der Waals surface area contributed by atoms with Crippen molar-refractivity contribution in [3.63, 3.8) is 0 Å². The molecule has 0 saturated carbocycles. The molecule has 0 saturated heterocycles. The summed E-state index contributed by atoms with van der Waals surface area (Å²) in [4.78, 5) is 14.2. The van der Waals surface area contributed by atoms with E-state index in [9.17, 15) is 4.79 Å². The summed E-state index contributed by atoms with van der Waals surface area (Å²) < 4.78 is 8.16. The van der Waals surface area contributed by atoms with Crippen LogP contribution in [0.3, 0.4) is 0 Å². The topological polar surface area (TPSA) is 47.4 Å². The van der Waals surface area contributed by atoms with Crippen molar-refractivity contribution < 1.29 is 9.53 Å². The Labute approximate surface area is 132 Å². The molecule has 0 atom stereocenters. The molecule has 6 heteroatoms. The van der Waals surface area contributed by atoms with Gasteiger partial charge in [-0.25, -0.2) is 0 Å². The number of hydrogen-bond acceptors (Lipinski definition) is 3. The summed E-state index contributed by atoms with van der Waals surface area (Å²) in [6.45, 7) is 2.90. The summed E-state index contributed by atoms with van der Waals surface area (Å²) in [5.41, 5.74) is 1.51. The van der Waals surface area contributed by atoms with Crippen molar-refractivity contribution in [2.45, 2.75) is 13.5 Å². The summed E-state index contributed by atoms with van der Waals surface area (Å²) in [6.07, 6.45) is 1.72. The Kier molecular flexibility index (Phi) is 5.01. The molecule has 21 heavy (non-hydrogen) atoms. The van der Waals surface area contributed by atoms with Crippen molar-refractivity contribution in [1.82, 2.24) is 14.7 Å². The van der Waals surface area contributed by atoms with Crippen molar-refractivity contribution in [2.24, 2.45) is 7.05 Å². The van der Waals surface area contributed by atoms with Gasteiger partial charge in [-0.1, -0.05) is 12.1 Å². The maximum atomic E-state index is 12.6. The number of rotatable bonds is 5. The zero-order chi connectivity index (χ0) is 15.4. The smallest absolute Gasteiger partial charge is 0.257 e. The lowest BCUT2D eigenvalue weighted by molar-refractivity contribution is 0.0777. The van der Waals surface area contributed by atoms with Gasteiger partial charge in [0.25, 0.3) is 5.91 Å². The molecule has 0 N–H and O–H groups in total. The molecule has 0 aliphatic rings. The van der Waals surface area contributed by atoms with Gasteiger partial charge in [0.2, 0.25) is 0 Å². The first kappa shape index (κ1) is 15.6. The number of carbonyl (C=O) groups is 1. The maximum absolute atomic E-state index is 12.6. The Balaban J connectivity index is 2.20. The summed E-state index contributed by atoms with van der Waals surface area (Å²) in [5, 5.41) is 4.16. The van der Waals surface area contributed by atoms with Gasteiger partial charge in [0.05, 0.1) is 35.1 Å². The van der Waals surface area contributed by atoms with Gasteiger partial charge in [-0.05, 0) is 35.0 Å². The largest absolute Gasteiger partial charge is 0.493 e. The molecule has 2 rings (SSSR count). The van der Waals surface area contributed by atoms with Crippen molar-refractivity contribution in [1.29, 1.82) is 0 Å². The molecule has 0 aliphatic heterocycles. The molecule has 1 amide bonds. The fourth-order valence-corrected chi connectivity index (χ4v) is 2.51. The second-order valence-electron chi connectivity index (χ2n) is 4.65. The predicted octanol–water partition coefficient (Wildman–Crippen LogP) is 2.85. The molecule has 112 valence electrons. The molecule has 1 aromatic carbocycles. The van der Waals surface area contributed by atoms with Gasteiger partial charge in [-0.3, -0.25) is 9.48 Å². The molecule has 1 heterocycles. The number of amides is 1.